The summed E-state index contributed by atoms with van der Waals surface area (Å²) >= 11 is 3.38. The predicted octanol–water partition coefficient (Wildman–Crippen LogP) is 4.49. The van der Waals surface area contributed by atoms with E-state index in [0.717, 1.165) is 27.3 Å². The average molecular weight is 344 g/mol. The molecule has 4 nitrogen and oxygen atoms in total. The van der Waals surface area contributed by atoms with Crippen LogP contribution in [0.25, 0.3) is 0 Å². The summed E-state index contributed by atoms with van der Waals surface area (Å²) in [5.41, 5.74) is 3.03. The Morgan fingerprint density at radius 3 is 2.48 bits per heavy atom. The summed E-state index contributed by atoms with van der Waals surface area (Å²) in [4.78, 5) is 0. The largest absolute Gasteiger partial charge is 0.489 e. The van der Waals surface area contributed by atoms with Crippen molar-refractivity contribution in [2.24, 2.45) is 0 Å². The van der Waals surface area contributed by atoms with Gasteiger partial charge in [0.15, 0.2) is 0 Å². The number of nitrogens with one attached hydrogen (secondary N) is 2. The predicted molar refractivity (Wildman–Crippen MR) is 86.8 cm³/mol. The van der Waals surface area contributed by atoms with E-state index in [9.17, 15) is 0 Å². The molecule has 21 heavy (non-hydrogen) atoms. The average Bonchev–Trinajstić information content (AvgIpc) is 2.93. The number of hydrogen-bond acceptors (Lipinski definition) is 3. The number of aromatic amines is 1. The van der Waals surface area contributed by atoms with E-state index in [0.29, 0.717) is 6.61 Å². The standard InChI is InChI=1S/C16H14BrN3O/c17-16-15(10-18-20-16)19-13-6-8-14(9-7-13)21-11-12-4-2-1-3-5-12/h1-10,19H,11H2,(H,18,20). The van der Waals surface area contributed by atoms with Gasteiger partial charge in [0.2, 0.25) is 0 Å². The molecule has 0 bridgehead atoms. The summed E-state index contributed by atoms with van der Waals surface area (Å²) in [6, 6.07) is 17.9. The van der Waals surface area contributed by atoms with Gasteiger partial charge in [0.25, 0.3) is 0 Å². The Balaban J connectivity index is 1.60. The highest BCUT2D eigenvalue weighted by Crippen LogP contribution is 2.24. The zero-order chi connectivity index (χ0) is 14.5. The molecule has 0 atom stereocenters. The lowest BCUT2D eigenvalue weighted by atomic mass is 10.2. The van der Waals surface area contributed by atoms with Crippen molar-refractivity contribution in [1.29, 1.82) is 0 Å². The van der Waals surface area contributed by atoms with E-state index in [1.807, 2.05) is 54.6 Å². The molecule has 0 fully saturated rings. The normalized spacial score (nSPS) is 10.3. The van der Waals surface area contributed by atoms with Crippen molar-refractivity contribution < 1.29 is 4.74 Å². The number of aromatic nitrogens is 2. The van der Waals surface area contributed by atoms with Gasteiger partial charge in [-0.25, -0.2) is 0 Å². The second kappa shape index (κ2) is 6.45. The van der Waals surface area contributed by atoms with Crippen molar-refractivity contribution in [2.75, 3.05) is 5.32 Å². The van der Waals surface area contributed by atoms with Crippen LogP contribution >= 0.6 is 15.9 Å². The van der Waals surface area contributed by atoms with Crippen LogP contribution in [0, 0.1) is 0 Å². The molecule has 0 saturated carbocycles. The summed E-state index contributed by atoms with van der Waals surface area (Å²) in [6.07, 6.45) is 1.73. The lowest BCUT2D eigenvalue weighted by Gasteiger charge is -2.08. The van der Waals surface area contributed by atoms with Crippen LogP contribution in [0.2, 0.25) is 0 Å². The Bertz CT molecular complexity index is 695. The van der Waals surface area contributed by atoms with Crippen LogP contribution in [-0.4, -0.2) is 10.2 Å². The fraction of sp³-hybridized carbons (Fsp3) is 0.0625. The number of halogens is 1. The first-order valence-corrected chi connectivity index (χ1v) is 7.33. The van der Waals surface area contributed by atoms with Gasteiger partial charge in [0.05, 0.1) is 11.9 Å². The van der Waals surface area contributed by atoms with Crippen LogP contribution in [0.15, 0.2) is 65.4 Å². The molecule has 0 aliphatic carbocycles. The lowest BCUT2D eigenvalue weighted by Crippen LogP contribution is -1.95. The lowest BCUT2D eigenvalue weighted by molar-refractivity contribution is 0.306. The van der Waals surface area contributed by atoms with Gasteiger partial charge in [-0.05, 0) is 45.8 Å². The molecule has 106 valence electrons. The molecule has 1 aromatic heterocycles. The molecule has 5 heteroatoms. The number of anilines is 2. The molecule has 1 heterocycles. The summed E-state index contributed by atoms with van der Waals surface area (Å²) in [6.45, 7) is 0.570. The minimum atomic E-state index is 0.570. The molecule has 0 spiro atoms. The maximum atomic E-state index is 5.75. The first-order chi connectivity index (χ1) is 10.3. The molecule has 3 aromatic rings. The van der Waals surface area contributed by atoms with Crippen LogP contribution in [0.4, 0.5) is 11.4 Å². The van der Waals surface area contributed by atoms with Crippen LogP contribution in [0.1, 0.15) is 5.56 Å². The molecule has 2 aromatic carbocycles. The van der Waals surface area contributed by atoms with Crippen molar-refractivity contribution in [2.45, 2.75) is 6.61 Å². The smallest absolute Gasteiger partial charge is 0.124 e. The van der Waals surface area contributed by atoms with Crippen LogP contribution in [-0.2, 0) is 6.61 Å². The highest BCUT2D eigenvalue weighted by Gasteiger charge is 2.02. The van der Waals surface area contributed by atoms with Gasteiger partial charge in [0, 0.05) is 5.69 Å². The van der Waals surface area contributed by atoms with Crippen molar-refractivity contribution in [3.8, 4) is 5.75 Å². The number of rotatable bonds is 5. The van der Waals surface area contributed by atoms with Crippen LogP contribution < -0.4 is 10.1 Å². The summed E-state index contributed by atoms with van der Waals surface area (Å²) in [7, 11) is 0. The molecule has 0 amide bonds. The quantitative estimate of drug-likeness (QED) is 0.717. The Kier molecular flexibility index (Phi) is 4.21. The number of hydrogen-bond donors (Lipinski definition) is 2. The van der Waals surface area contributed by atoms with E-state index in [-0.39, 0.29) is 0 Å². The number of H-pyrrole nitrogens is 1. The molecule has 0 aliphatic heterocycles. The highest BCUT2D eigenvalue weighted by molar-refractivity contribution is 9.10. The minimum absolute atomic E-state index is 0.570. The minimum Gasteiger partial charge on any atom is -0.489 e. The molecule has 0 aliphatic rings. The molecule has 2 N–H and O–H groups in total. The van der Waals surface area contributed by atoms with Crippen LogP contribution in [0.5, 0.6) is 5.75 Å². The van der Waals surface area contributed by atoms with Gasteiger partial charge in [-0.15, -0.1) is 0 Å². The molecule has 0 radical (unpaired) electrons. The van der Waals surface area contributed by atoms with Gasteiger partial charge in [0.1, 0.15) is 17.0 Å². The van der Waals surface area contributed by atoms with Gasteiger partial charge < -0.3 is 10.1 Å². The Hall–Kier alpha value is -2.27. The van der Waals surface area contributed by atoms with Gasteiger partial charge in [-0.1, -0.05) is 30.3 Å². The zero-order valence-electron chi connectivity index (χ0n) is 11.2. The molecular formula is C16H14BrN3O. The van der Waals surface area contributed by atoms with Crippen LogP contribution in [0.3, 0.4) is 0 Å². The van der Waals surface area contributed by atoms with E-state index >= 15 is 0 Å². The number of ether oxygens (including phenoxy) is 1. The first kappa shape index (κ1) is 13.7. The molecule has 0 unspecified atom stereocenters. The van der Waals surface area contributed by atoms with Gasteiger partial charge in [-0.3, -0.25) is 5.10 Å². The molecular weight excluding hydrogens is 330 g/mol. The maximum absolute atomic E-state index is 5.75. The Labute approximate surface area is 131 Å². The van der Waals surface area contributed by atoms with Gasteiger partial charge in [-0.2, -0.15) is 5.10 Å². The van der Waals surface area contributed by atoms with E-state index < -0.39 is 0 Å². The Morgan fingerprint density at radius 2 is 1.81 bits per heavy atom. The third kappa shape index (κ3) is 3.64. The number of benzene rings is 2. The second-order valence-electron chi connectivity index (χ2n) is 4.52. The summed E-state index contributed by atoms with van der Waals surface area (Å²) in [5, 5.41) is 10.0. The van der Waals surface area contributed by atoms with Crippen molar-refractivity contribution in [1.82, 2.24) is 10.2 Å². The van der Waals surface area contributed by atoms with Crippen molar-refractivity contribution in [3.05, 3.63) is 71.0 Å². The maximum Gasteiger partial charge on any atom is 0.124 e. The zero-order valence-corrected chi connectivity index (χ0v) is 12.8. The monoisotopic (exact) mass is 343 g/mol. The first-order valence-electron chi connectivity index (χ1n) is 6.54. The third-order valence-electron chi connectivity index (χ3n) is 2.97. The summed E-state index contributed by atoms with van der Waals surface area (Å²) < 4.78 is 6.58. The molecule has 0 saturated heterocycles. The van der Waals surface area contributed by atoms with Gasteiger partial charge >= 0.3 is 0 Å². The second-order valence-corrected chi connectivity index (χ2v) is 5.31. The van der Waals surface area contributed by atoms with E-state index in [2.05, 4.69) is 31.4 Å². The van der Waals surface area contributed by atoms with Crippen molar-refractivity contribution >= 4 is 27.3 Å². The van der Waals surface area contributed by atoms with E-state index in [1.54, 1.807) is 6.20 Å². The van der Waals surface area contributed by atoms with E-state index in [4.69, 9.17) is 4.74 Å². The topological polar surface area (TPSA) is 49.9 Å². The number of nitrogens with zero attached hydrogens (tertiary/aromatic N) is 1. The third-order valence-corrected chi connectivity index (χ3v) is 3.58. The fourth-order valence-electron chi connectivity index (χ4n) is 1.89. The van der Waals surface area contributed by atoms with E-state index in [1.165, 1.54) is 0 Å². The fourth-order valence-corrected chi connectivity index (χ4v) is 2.19. The highest BCUT2D eigenvalue weighted by atomic mass is 79.9. The SMILES string of the molecule is Brc1[nH]ncc1Nc1ccc(OCc2ccccc2)cc1. The Morgan fingerprint density at radius 1 is 1.05 bits per heavy atom. The molecule has 3 rings (SSSR count). The summed E-state index contributed by atoms with van der Waals surface area (Å²) in [5.74, 6) is 0.843. The van der Waals surface area contributed by atoms with Crippen molar-refractivity contribution in [3.63, 3.8) is 0 Å².